The van der Waals surface area contributed by atoms with Crippen LogP contribution in [0.5, 0.6) is 0 Å². The lowest BCUT2D eigenvalue weighted by atomic mass is 9.80. The molecular weight excluding hydrogens is 801 g/mol. The number of thioether (sulfide) groups is 1. The number of aromatic nitrogens is 2. The van der Waals surface area contributed by atoms with Gasteiger partial charge in [-0.05, 0) is 31.1 Å². The summed E-state index contributed by atoms with van der Waals surface area (Å²) in [6.45, 7) is 3.09. The number of carbonyl (C=O) groups is 4. The molecule has 13 nitrogen and oxygen atoms in total. The molecule has 2 aliphatic rings. The molecule has 60 heavy (non-hydrogen) atoms. The van der Waals surface area contributed by atoms with Gasteiger partial charge in [-0.25, -0.2) is 14.6 Å². The third-order valence-electron chi connectivity index (χ3n) is 9.68. The van der Waals surface area contributed by atoms with Crippen molar-refractivity contribution in [2.45, 2.75) is 30.9 Å². The molecule has 5 aromatic rings. The van der Waals surface area contributed by atoms with Gasteiger partial charge in [0.1, 0.15) is 29.4 Å². The normalized spacial score (nSPS) is 16.8. The average Bonchev–Trinajstić information content (AvgIpc) is 3.72. The van der Waals surface area contributed by atoms with Crippen LogP contribution in [0.1, 0.15) is 41.8 Å². The lowest BCUT2D eigenvalue weighted by Gasteiger charge is -2.49. The van der Waals surface area contributed by atoms with E-state index in [2.05, 4.69) is 20.4 Å². The van der Waals surface area contributed by atoms with Crippen molar-refractivity contribution in [1.29, 1.82) is 0 Å². The number of hydrogen-bond donors (Lipinski definition) is 2. The van der Waals surface area contributed by atoms with E-state index >= 15 is 0 Å². The molecule has 15 heteroatoms. The molecule has 2 aromatic heterocycles. The number of amides is 2. The highest BCUT2D eigenvalue weighted by atomic mass is 32.2. The van der Waals surface area contributed by atoms with Crippen LogP contribution in [0.2, 0.25) is 0 Å². The molecule has 304 valence electrons. The zero-order valence-electron chi connectivity index (χ0n) is 32.6. The predicted molar refractivity (Wildman–Crippen MR) is 230 cm³/mol. The van der Waals surface area contributed by atoms with Gasteiger partial charge in [0, 0.05) is 40.2 Å². The van der Waals surface area contributed by atoms with Gasteiger partial charge in [0.05, 0.1) is 12.2 Å². The molecule has 0 radical (unpaired) electrons. The fraction of sp³-hybridized carbons (Fsp3) is 0.178. The van der Waals surface area contributed by atoms with Gasteiger partial charge in [-0.2, -0.15) is 0 Å². The number of thiazole rings is 1. The van der Waals surface area contributed by atoms with Crippen LogP contribution in [-0.4, -0.2) is 74.7 Å². The number of nitrogens with zero attached hydrogens (tertiary/aromatic N) is 4. The molecule has 0 aliphatic carbocycles. The average molecular weight is 841 g/mol. The van der Waals surface area contributed by atoms with Gasteiger partial charge in [-0.3, -0.25) is 19.5 Å². The summed E-state index contributed by atoms with van der Waals surface area (Å²) in [6.07, 6.45) is 8.32. The Balaban J connectivity index is 1.21. The van der Waals surface area contributed by atoms with E-state index in [-0.39, 0.29) is 46.8 Å². The number of pyridine rings is 1. The van der Waals surface area contributed by atoms with Crippen LogP contribution in [0, 0.1) is 0 Å². The first kappa shape index (κ1) is 41.3. The van der Waals surface area contributed by atoms with Crippen molar-refractivity contribution in [3.05, 3.63) is 178 Å². The number of esters is 2. The number of benzene rings is 3. The third kappa shape index (κ3) is 8.63. The number of anilines is 1. The summed E-state index contributed by atoms with van der Waals surface area (Å²) < 4.78 is 10.7. The maximum atomic E-state index is 14.4. The molecule has 0 bridgehead atoms. The zero-order valence-corrected chi connectivity index (χ0v) is 34.2. The molecule has 7 rings (SSSR count). The number of ether oxygens (including phenoxy) is 2. The number of nitrogens with two attached hydrogens (primary N) is 1. The minimum atomic E-state index is -1.32. The Morgan fingerprint density at radius 3 is 2.13 bits per heavy atom. The molecule has 2 amide bonds. The smallest absolute Gasteiger partial charge is 0.355 e. The highest BCUT2D eigenvalue weighted by Gasteiger charge is 2.54. The van der Waals surface area contributed by atoms with Crippen LogP contribution in [0.3, 0.4) is 0 Å². The van der Waals surface area contributed by atoms with Gasteiger partial charge < -0.3 is 25.4 Å². The fourth-order valence-corrected chi connectivity index (χ4v) is 8.59. The van der Waals surface area contributed by atoms with Crippen LogP contribution >= 0.6 is 23.1 Å². The summed E-state index contributed by atoms with van der Waals surface area (Å²) in [5, 5.41) is 8.49. The molecule has 3 N–H and O–H groups in total. The number of β-lactam (4-membered cyclic amide) rings is 1. The Labute approximate surface area is 354 Å². The molecule has 0 unspecified atom stereocenters. The Hall–Kier alpha value is -6.84. The number of oxime groups is 1. The van der Waals surface area contributed by atoms with E-state index in [0.29, 0.717) is 5.57 Å². The molecule has 0 saturated carbocycles. The lowest BCUT2D eigenvalue weighted by Crippen LogP contribution is -2.71. The summed E-state index contributed by atoms with van der Waals surface area (Å²) in [6, 6.07) is 31.2. The Morgan fingerprint density at radius 1 is 0.933 bits per heavy atom. The van der Waals surface area contributed by atoms with E-state index in [9.17, 15) is 19.2 Å². The second-order valence-electron chi connectivity index (χ2n) is 13.3. The van der Waals surface area contributed by atoms with Crippen LogP contribution in [0.25, 0.3) is 6.08 Å². The maximum absolute atomic E-state index is 14.4. The second-order valence-corrected chi connectivity index (χ2v) is 15.3. The number of allylic oxidation sites excluding steroid dienone is 2. The number of nitrogen functional groups attached to an aromatic ring is 1. The SMILES string of the molecule is C/C=C(\COC(=O)C1=C(/C=C\c2cccnc2)CS[C@@H]2[C@H](NC(=O)/C(=N/OC(c3ccccc3)(c3ccccc3)c3ccccc3)c3csc(N)n3)C(=O)N12)C(=O)OCC. The summed E-state index contributed by atoms with van der Waals surface area (Å²) in [7, 11) is 0. The first-order valence-electron chi connectivity index (χ1n) is 19.0. The van der Waals surface area contributed by atoms with E-state index < -0.39 is 40.8 Å². The molecule has 1 saturated heterocycles. The monoisotopic (exact) mass is 840 g/mol. The topological polar surface area (TPSA) is 175 Å². The van der Waals surface area contributed by atoms with E-state index in [1.165, 1.54) is 22.7 Å². The van der Waals surface area contributed by atoms with Crippen LogP contribution < -0.4 is 11.1 Å². The van der Waals surface area contributed by atoms with Crippen molar-refractivity contribution in [2.75, 3.05) is 24.7 Å². The van der Waals surface area contributed by atoms with Crippen LogP contribution in [0.15, 0.2) is 155 Å². The van der Waals surface area contributed by atoms with Crippen molar-refractivity contribution in [3.63, 3.8) is 0 Å². The first-order chi connectivity index (χ1) is 29.2. The highest BCUT2D eigenvalue weighted by Crippen LogP contribution is 2.43. The van der Waals surface area contributed by atoms with E-state index in [1.54, 1.807) is 49.8 Å². The van der Waals surface area contributed by atoms with Crippen LogP contribution in [-0.2, 0) is 39.1 Å². The molecule has 1 fully saturated rings. The van der Waals surface area contributed by atoms with E-state index in [4.69, 9.17) is 20.0 Å². The molecule has 0 spiro atoms. The number of rotatable bonds is 15. The Bertz CT molecular complexity index is 2380. The largest absolute Gasteiger partial charge is 0.463 e. The maximum Gasteiger partial charge on any atom is 0.355 e. The minimum Gasteiger partial charge on any atom is -0.463 e. The first-order valence-corrected chi connectivity index (χ1v) is 20.9. The van der Waals surface area contributed by atoms with Crippen molar-refractivity contribution >= 4 is 63.8 Å². The van der Waals surface area contributed by atoms with Gasteiger partial charge in [0.15, 0.2) is 10.8 Å². The standard InChI is InChI=1S/C45H40N6O7S2/c1-3-30(42(54)56-4-2)26-57-43(55)38-31(23-22-29-15-14-24-47-25-29)27-59-41-37(40(53)51(38)41)49-39(52)36(35-28-60-44(46)48-35)50-58-45(32-16-8-5-9-17-32,33-18-10-6-11-19-33)34-20-12-7-13-21-34/h3,5-25,28,37,41H,4,26-27H2,1-2H3,(H2,46,48)(H,49,52)/b23-22-,30-3+,50-36+/t37-,41-/m1/s1. The fourth-order valence-electron chi connectivity index (χ4n) is 6.73. The van der Waals surface area contributed by atoms with Gasteiger partial charge in [0.2, 0.25) is 5.60 Å². The zero-order chi connectivity index (χ0) is 42.1. The number of hydrogen-bond acceptors (Lipinski definition) is 13. The molecular formula is C45H40N6O7S2. The van der Waals surface area contributed by atoms with Gasteiger partial charge in [-0.15, -0.1) is 23.1 Å². The van der Waals surface area contributed by atoms with E-state index in [0.717, 1.165) is 33.6 Å². The summed E-state index contributed by atoms with van der Waals surface area (Å²) in [5.41, 5.74) is 8.32. The van der Waals surface area contributed by atoms with Gasteiger partial charge in [-0.1, -0.05) is 120 Å². The molecule has 2 aliphatic heterocycles. The van der Waals surface area contributed by atoms with E-state index in [1.807, 2.05) is 97.1 Å². The van der Waals surface area contributed by atoms with Gasteiger partial charge in [0.25, 0.3) is 11.8 Å². The van der Waals surface area contributed by atoms with Crippen molar-refractivity contribution in [2.24, 2.45) is 5.16 Å². The number of fused-ring (bicyclic) bond motifs is 1. The van der Waals surface area contributed by atoms with Crippen LogP contribution in [0.4, 0.5) is 5.13 Å². The second kappa shape index (κ2) is 18.8. The minimum absolute atomic E-state index is 0.00318. The Morgan fingerprint density at radius 2 is 1.58 bits per heavy atom. The number of carbonyl (C=O) groups excluding carboxylic acids is 4. The van der Waals surface area contributed by atoms with Crippen molar-refractivity contribution < 1.29 is 33.5 Å². The predicted octanol–water partition coefficient (Wildman–Crippen LogP) is 6.25. The summed E-state index contributed by atoms with van der Waals surface area (Å²) in [4.78, 5) is 71.3. The lowest BCUT2D eigenvalue weighted by molar-refractivity contribution is -0.152. The molecule has 4 heterocycles. The molecule has 3 aromatic carbocycles. The quantitative estimate of drug-likeness (QED) is 0.0304. The van der Waals surface area contributed by atoms with Crippen molar-refractivity contribution in [1.82, 2.24) is 20.2 Å². The van der Waals surface area contributed by atoms with Crippen molar-refractivity contribution in [3.8, 4) is 0 Å². The molecule has 2 atom stereocenters. The summed E-state index contributed by atoms with van der Waals surface area (Å²) >= 11 is 2.48. The third-order valence-corrected chi connectivity index (χ3v) is 11.7. The summed E-state index contributed by atoms with van der Waals surface area (Å²) in [5.74, 6) is -2.45. The Kier molecular flexibility index (Phi) is 13.0. The van der Waals surface area contributed by atoms with Gasteiger partial charge >= 0.3 is 11.9 Å². The highest BCUT2D eigenvalue weighted by molar-refractivity contribution is 8.00. The number of nitrogens with one attached hydrogen (secondary N) is 1.